The van der Waals surface area contributed by atoms with Gasteiger partial charge in [-0.1, -0.05) is 0 Å². The number of nitrogens with zero attached hydrogens (tertiary/aromatic N) is 6. The Labute approximate surface area is 154 Å². The Balaban J connectivity index is 1.65. The fourth-order valence-corrected chi connectivity index (χ4v) is 2.82. The van der Waals surface area contributed by atoms with Gasteiger partial charge in [0.25, 0.3) is 5.91 Å². The molecule has 0 bridgehead atoms. The van der Waals surface area contributed by atoms with E-state index in [9.17, 15) is 4.79 Å². The van der Waals surface area contributed by atoms with Crippen LogP contribution in [0.1, 0.15) is 21.7 Å². The number of carbonyl (C=O) groups is 1. The number of hydrogen-bond acceptors (Lipinski definition) is 5. The summed E-state index contributed by atoms with van der Waals surface area (Å²) < 4.78 is 3.47. The summed E-state index contributed by atoms with van der Waals surface area (Å²) in [6.07, 6.45) is 5.35. The van der Waals surface area contributed by atoms with E-state index in [-0.39, 0.29) is 11.6 Å². The molecule has 0 aliphatic carbocycles. The van der Waals surface area contributed by atoms with Gasteiger partial charge in [-0.15, -0.1) is 0 Å². The normalized spacial score (nSPS) is 10.7. The lowest BCUT2D eigenvalue weighted by molar-refractivity contribution is 0.102. The molecule has 8 nitrogen and oxygen atoms in total. The molecule has 4 rings (SSSR count). The second-order valence-corrected chi connectivity index (χ2v) is 6.10. The van der Waals surface area contributed by atoms with Crippen LogP contribution in [0.2, 0.25) is 0 Å². The highest BCUT2D eigenvalue weighted by Gasteiger charge is 2.12. The molecule has 1 N–H and O–H groups in total. The van der Waals surface area contributed by atoms with Crippen LogP contribution in [0.4, 0.5) is 5.69 Å². The molecule has 0 saturated carbocycles. The zero-order valence-electron chi connectivity index (χ0n) is 14.7. The molecule has 0 aliphatic rings. The molecule has 27 heavy (non-hydrogen) atoms. The van der Waals surface area contributed by atoms with E-state index in [1.54, 1.807) is 40.8 Å². The van der Waals surface area contributed by atoms with E-state index in [1.807, 2.05) is 37.5 Å². The van der Waals surface area contributed by atoms with Crippen molar-refractivity contribution in [1.82, 2.24) is 24.5 Å². The number of nitriles is 1. The summed E-state index contributed by atoms with van der Waals surface area (Å²) in [4.78, 5) is 16.7. The molecular weight excluding hydrogens is 342 g/mol. The van der Waals surface area contributed by atoms with Crippen molar-refractivity contribution in [3.05, 3.63) is 65.9 Å². The third-order valence-electron chi connectivity index (χ3n) is 4.20. The third kappa shape index (κ3) is 3.02. The van der Waals surface area contributed by atoms with Crippen LogP contribution < -0.4 is 5.32 Å². The Kier molecular flexibility index (Phi) is 3.90. The van der Waals surface area contributed by atoms with Crippen LogP contribution in [-0.2, 0) is 7.05 Å². The van der Waals surface area contributed by atoms with Crippen molar-refractivity contribution < 1.29 is 4.79 Å². The van der Waals surface area contributed by atoms with Gasteiger partial charge in [-0.05, 0) is 37.3 Å². The van der Waals surface area contributed by atoms with Gasteiger partial charge < -0.3 is 5.32 Å². The average Bonchev–Trinajstić information content (AvgIpc) is 3.27. The van der Waals surface area contributed by atoms with Crippen molar-refractivity contribution in [2.24, 2.45) is 7.05 Å². The standard InChI is InChI=1S/C19H15N7O/c1-12-13(8-20)4-6-17(23-12)19(27)24-15-5-3-14-9-22-26(18(14)7-15)16-10-21-25(2)11-16/h3-7,9-11H,1-2H3,(H,24,27). The van der Waals surface area contributed by atoms with Crippen molar-refractivity contribution in [1.29, 1.82) is 5.26 Å². The van der Waals surface area contributed by atoms with Crippen LogP contribution in [-0.4, -0.2) is 30.5 Å². The van der Waals surface area contributed by atoms with Crippen LogP contribution in [0.15, 0.2) is 48.9 Å². The Morgan fingerprint density at radius 2 is 2.04 bits per heavy atom. The minimum Gasteiger partial charge on any atom is -0.321 e. The summed E-state index contributed by atoms with van der Waals surface area (Å²) in [6, 6.07) is 10.7. The van der Waals surface area contributed by atoms with E-state index in [4.69, 9.17) is 5.26 Å². The van der Waals surface area contributed by atoms with Gasteiger partial charge in [0.15, 0.2) is 0 Å². The maximum absolute atomic E-state index is 12.5. The van der Waals surface area contributed by atoms with E-state index >= 15 is 0 Å². The zero-order valence-corrected chi connectivity index (χ0v) is 14.7. The number of rotatable bonds is 3. The van der Waals surface area contributed by atoms with Crippen molar-refractivity contribution in [2.45, 2.75) is 6.92 Å². The molecule has 8 heteroatoms. The van der Waals surface area contributed by atoms with Crippen molar-refractivity contribution >= 4 is 22.5 Å². The Morgan fingerprint density at radius 1 is 1.19 bits per heavy atom. The average molecular weight is 357 g/mol. The highest BCUT2D eigenvalue weighted by Crippen LogP contribution is 2.22. The molecule has 0 aliphatic heterocycles. The number of aromatic nitrogens is 5. The van der Waals surface area contributed by atoms with Gasteiger partial charge in [-0.3, -0.25) is 9.48 Å². The van der Waals surface area contributed by atoms with E-state index in [1.165, 1.54) is 0 Å². The SMILES string of the molecule is Cc1nc(C(=O)Nc2ccc3cnn(-c4cnn(C)c4)c3c2)ccc1C#N. The highest BCUT2D eigenvalue weighted by molar-refractivity contribution is 6.03. The van der Waals surface area contributed by atoms with Gasteiger partial charge in [-0.25, -0.2) is 9.67 Å². The van der Waals surface area contributed by atoms with E-state index in [0.717, 1.165) is 16.6 Å². The topological polar surface area (TPSA) is 101 Å². The number of amides is 1. The predicted molar refractivity (Wildman–Crippen MR) is 99.5 cm³/mol. The van der Waals surface area contributed by atoms with E-state index in [0.29, 0.717) is 16.9 Å². The molecular formula is C19H15N7O. The van der Waals surface area contributed by atoms with Crippen molar-refractivity contribution in [3.63, 3.8) is 0 Å². The van der Waals surface area contributed by atoms with Crippen LogP contribution in [0.3, 0.4) is 0 Å². The second kappa shape index (κ2) is 6.38. The molecule has 0 fully saturated rings. The Hall–Kier alpha value is -3.99. The first kappa shape index (κ1) is 16.5. The van der Waals surface area contributed by atoms with Gasteiger partial charge >= 0.3 is 0 Å². The molecule has 3 aromatic heterocycles. The van der Waals surface area contributed by atoms with Crippen LogP contribution in [0.5, 0.6) is 0 Å². The number of anilines is 1. The molecule has 132 valence electrons. The molecule has 0 unspecified atom stereocenters. The van der Waals surface area contributed by atoms with E-state index in [2.05, 4.69) is 20.5 Å². The highest BCUT2D eigenvalue weighted by atomic mass is 16.1. The summed E-state index contributed by atoms with van der Waals surface area (Å²) in [5, 5.41) is 21.3. The molecule has 1 aromatic carbocycles. The molecule has 0 saturated heterocycles. The summed E-state index contributed by atoms with van der Waals surface area (Å²) in [6.45, 7) is 1.70. The minimum absolute atomic E-state index is 0.257. The van der Waals surface area contributed by atoms with Crippen LogP contribution in [0, 0.1) is 18.3 Å². The monoisotopic (exact) mass is 357 g/mol. The lowest BCUT2D eigenvalue weighted by Crippen LogP contribution is -2.14. The summed E-state index contributed by atoms with van der Waals surface area (Å²) in [5.41, 5.74) is 3.54. The molecule has 3 heterocycles. The number of carbonyl (C=O) groups excluding carboxylic acids is 1. The number of pyridine rings is 1. The maximum Gasteiger partial charge on any atom is 0.274 e. The van der Waals surface area contributed by atoms with Crippen LogP contribution in [0.25, 0.3) is 16.6 Å². The number of aryl methyl sites for hydroxylation is 2. The number of nitrogens with one attached hydrogen (secondary N) is 1. The Bertz CT molecular complexity index is 1210. The third-order valence-corrected chi connectivity index (χ3v) is 4.20. The summed E-state index contributed by atoms with van der Waals surface area (Å²) >= 11 is 0. The first-order valence-electron chi connectivity index (χ1n) is 8.21. The smallest absolute Gasteiger partial charge is 0.274 e. The largest absolute Gasteiger partial charge is 0.321 e. The molecule has 0 spiro atoms. The molecule has 4 aromatic rings. The fraction of sp³-hybridized carbons (Fsp3) is 0.105. The lowest BCUT2D eigenvalue weighted by Gasteiger charge is -2.07. The number of benzene rings is 1. The Morgan fingerprint density at radius 3 is 2.74 bits per heavy atom. The van der Waals surface area contributed by atoms with Gasteiger partial charge in [0.05, 0.1) is 35.4 Å². The molecule has 0 radical (unpaired) electrons. The van der Waals surface area contributed by atoms with Gasteiger partial charge in [0, 0.05) is 18.1 Å². The minimum atomic E-state index is -0.339. The van der Waals surface area contributed by atoms with Gasteiger partial charge in [0.2, 0.25) is 0 Å². The van der Waals surface area contributed by atoms with Crippen molar-refractivity contribution in [3.8, 4) is 11.8 Å². The van der Waals surface area contributed by atoms with E-state index < -0.39 is 0 Å². The summed E-state index contributed by atoms with van der Waals surface area (Å²) in [5.74, 6) is -0.339. The second-order valence-electron chi connectivity index (χ2n) is 6.10. The first-order chi connectivity index (χ1) is 13.0. The number of hydrogen-bond donors (Lipinski definition) is 1. The molecule has 0 atom stereocenters. The number of fused-ring (bicyclic) bond motifs is 1. The van der Waals surface area contributed by atoms with Crippen LogP contribution >= 0.6 is 0 Å². The maximum atomic E-state index is 12.5. The van der Waals surface area contributed by atoms with Gasteiger partial charge in [-0.2, -0.15) is 15.5 Å². The first-order valence-corrected chi connectivity index (χ1v) is 8.21. The predicted octanol–water partition coefficient (Wildman–Crippen LogP) is 2.59. The van der Waals surface area contributed by atoms with Gasteiger partial charge in [0.1, 0.15) is 17.5 Å². The van der Waals surface area contributed by atoms with Crippen molar-refractivity contribution in [2.75, 3.05) is 5.32 Å². The molecule has 1 amide bonds. The summed E-state index contributed by atoms with van der Waals surface area (Å²) in [7, 11) is 1.84. The quantitative estimate of drug-likeness (QED) is 0.607. The fourth-order valence-electron chi connectivity index (χ4n) is 2.82. The lowest BCUT2D eigenvalue weighted by atomic mass is 10.2. The zero-order chi connectivity index (χ0) is 19.0.